The zero-order valence-corrected chi connectivity index (χ0v) is 69.6. The Labute approximate surface area is 752 Å². The molecule has 0 spiro atoms. The van der Waals surface area contributed by atoms with Crippen molar-refractivity contribution < 1.29 is 115 Å². The van der Waals surface area contributed by atoms with Crippen LogP contribution in [0.3, 0.4) is 0 Å². The van der Waals surface area contributed by atoms with Crippen molar-refractivity contribution in [1.82, 2.24) is 101 Å². The van der Waals surface area contributed by atoms with E-state index in [-0.39, 0.29) is 196 Å². The van der Waals surface area contributed by atoms with Gasteiger partial charge in [-0.3, -0.25) is 67.9 Å². The van der Waals surface area contributed by atoms with Crippen LogP contribution >= 0.6 is 0 Å². The summed E-state index contributed by atoms with van der Waals surface area (Å²) in [5, 5.41) is 96.3. The third-order valence-corrected chi connectivity index (χ3v) is 17.4. The molecule has 0 saturated carbocycles. The van der Waals surface area contributed by atoms with Crippen LogP contribution in [0, 0.1) is 0 Å². The average Bonchev–Trinajstić information content (AvgIpc) is 0.819. The van der Waals surface area contributed by atoms with Crippen LogP contribution in [-0.4, -0.2) is 229 Å². The van der Waals surface area contributed by atoms with Gasteiger partial charge in [0.15, 0.2) is 44.7 Å². The number of nitrogens with two attached hydrogens (primary N) is 4. The molecule has 0 aliphatic heterocycles. The van der Waals surface area contributed by atoms with Gasteiger partial charge in [-0.25, -0.2) is 59.0 Å². The number of anilines is 8. The number of aromatic amines is 4. The smallest absolute Gasteiger partial charge is 0.550 e. The molecule has 12 aromatic rings. The van der Waals surface area contributed by atoms with E-state index in [2.05, 4.69) is 122 Å². The van der Waals surface area contributed by atoms with Gasteiger partial charge >= 0.3 is 58.9 Å². The molecule has 4 aromatic carbocycles. The maximum atomic E-state index is 12.3. The standard InChI is InChI=1S/4C19H19N7O6.Fe.Mg/c4*20-19-25-15-14(17(30)26-19)23-11(8-22-15)7-21-10-3-1-9(2-4-10)16(29)24-12(18(31)32)5-6-13(27)28;;/h4*1-4,8,12,21H,5-7H2,(H,24,29)(H,27,28)(H,31,32)(H3,20,22,25,26,30);;/q;;;;;+2/p-2/t4*12-;;/m0000../s1. The van der Waals surface area contributed by atoms with Crippen molar-refractivity contribution in [2.45, 2.75) is 102 Å². The summed E-state index contributed by atoms with van der Waals surface area (Å²) in [4.78, 5) is 242. The molecule has 0 bridgehead atoms. The van der Waals surface area contributed by atoms with E-state index in [4.69, 9.17) is 53.6 Å². The number of carboxylic acid groups (broad SMARTS) is 8. The van der Waals surface area contributed by atoms with Crippen LogP contribution in [0.4, 0.5) is 46.5 Å². The van der Waals surface area contributed by atoms with Crippen molar-refractivity contribution in [1.29, 1.82) is 0 Å². The number of rotatable bonds is 36. The SMILES string of the molecule is Nc1nc2ncc(CNc3ccc(C(=O)N[C@@H](CCC(=O)O)C(=O)O)cc3)nc2c(=O)[nH]1.Nc1nc2ncc(CNc3ccc(C(=O)N[C@@H](CCC(=O)O)C(=O)O)cc3)nc2c(=O)[nH]1.Nc1nc2ncc(CNc3ccc(C(=O)N[C@@H](CCC(=O)[O-])C(=O)O)cc3)nc2c(=O)[nH]1.Nc1nc2ncc(CNc3ccc(C(=O)N[C@@H](CCC(=O)[O-])C(=O)O)cc3)nc2c(=O)[nH]1.[Fe].[Mg+2]. The summed E-state index contributed by atoms with van der Waals surface area (Å²) in [5.41, 5.74) is 25.8. The Bertz CT molecular complexity index is 5690. The third-order valence-electron chi connectivity index (χ3n) is 17.4. The van der Waals surface area contributed by atoms with Crippen molar-refractivity contribution in [2.75, 3.05) is 44.2 Å². The molecule has 0 radical (unpaired) electrons. The summed E-state index contributed by atoms with van der Waals surface area (Å²) in [5.74, 6) is -13.2. The van der Waals surface area contributed by atoms with Crippen molar-refractivity contribution >= 4 is 186 Å². The number of nitrogen functional groups attached to an aromatic ring is 4. The van der Waals surface area contributed by atoms with Crippen LogP contribution in [0.2, 0.25) is 0 Å². The number of carbonyl (C=O) groups excluding carboxylic acids is 6. The monoisotopic (exact) mass is 1840 g/mol. The number of H-pyrrole nitrogens is 4. The van der Waals surface area contributed by atoms with Gasteiger partial charge in [-0.05, 0) is 136 Å². The van der Waals surface area contributed by atoms with E-state index >= 15 is 0 Å². The van der Waals surface area contributed by atoms with Crippen LogP contribution in [0.15, 0.2) is 141 Å². The Morgan fingerprint density at radius 1 is 0.315 bits per heavy atom. The van der Waals surface area contributed by atoms with Crippen molar-refractivity contribution in [2.24, 2.45) is 0 Å². The largest absolute Gasteiger partial charge is 2.00 e. The molecule has 12 rings (SSSR count). The molecule has 54 heteroatoms. The molecule has 0 saturated heterocycles. The van der Waals surface area contributed by atoms with Crippen LogP contribution < -0.4 is 97.9 Å². The first kappa shape index (κ1) is 100. The normalized spacial score (nSPS) is 11.4. The van der Waals surface area contributed by atoms with E-state index < -0.39 is 131 Å². The van der Waals surface area contributed by atoms with E-state index in [9.17, 15) is 86.9 Å². The first-order valence-electron chi connectivity index (χ1n) is 37.3. The summed E-state index contributed by atoms with van der Waals surface area (Å²) in [6, 6.07) is 19.3. The predicted octanol–water partition coefficient (Wildman–Crippen LogP) is -3.23. The predicted molar refractivity (Wildman–Crippen MR) is 448 cm³/mol. The molecule has 52 nitrogen and oxygen atoms in total. The number of amides is 4. The fourth-order valence-corrected chi connectivity index (χ4v) is 11.0. The number of hydrogen-bond acceptors (Lipinski definition) is 38. The van der Waals surface area contributed by atoms with Gasteiger partial charge in [0.1, 0.15) is 24.2 Å². The van der Waals surface area contributed by atoms with Crippen LogP contribution in [-0.2, 0) is 81.6 Å². The topological polar surface area (TPSA) is 859 Å². The molecule has 0 aliphatic carbocycles. The molecule has 4 atom stereocenters. The third kappa shape index (κ3) is 30.2. The Balaban J connectivity index is 0.000000236. The van der Waals surface area contributed by atoms with Crippen LogP contribution in [0.25, 0.3) is 44.7 Å². The Morgan fingerprint density at radius 2 is 0.508 bits per heavy atom. The molecule has 8 heterocycles. The first-order chi connectivity index (χ1) is 60.9. The van der Waals surface area contributed by atoms with Crippen molar-refractivity contribution in [3.05, 3.63) is 208 Å². The van der Waals surface area contributed by atoms with Crippen molar-refractivity contribution in [3.8, 4) is 0 Å². The van der Waals surface area contributed by atoms with Gasteiger partial charge in [-0.1, -0.05) is 0 Å². The molecule has 8 aromatic heterocycles. The second-order valence-corrected chi connectivity index (χ2v) is 26.8. The molecular weight excluding hydrogens is 1770 g/mol. The minimum Gasteiger partial charge on any atom is -0.550 e. The number of fused-ring (bicyclic) bond motifs is 4. The number of aliphatic carboxylic acids is 8. The molecular formula is C76H74FeMgN28O24. The number of benzene rings is 4. The zero-order chi connectivity index (χ0) is 93.0. The van der Waals surface area contributed by atoms with E-state index in [0.717, 1.165) is 0 Å². The maximum Gasteiger partial charge on any atom is 2.00 e. The van der Waals surface area contributed by atoms with Gasteiger partial charge in [0.25, 0.3) is 45.9 Å². The number of nitrogens with one attached hydrogen (secondary N) is 12. The number of carbonyl (C=O) groups is 12. The van der Waals surface area contributed by atoms with Gasteiger partial charge in [-0.15, -0.1) is 0 Å². The number of aromatic nitrogens is 16. The molecule has 0 fully saturated rings. The molecule has 0 aliphatic rings. The van der Waals surface area contributed by atoms with E-state index in [0.29, 0.717) is 45.5 Å². The van der Waals surface area contributed by atoms with E-state index in [1.54, 1.807) is 48.5 Å². The molecule has 0 unspecified atom stereocenters. The summed E-state index contributed by atoms with van der Waals surface area (Å²) >= 11 is 0. The van der Waals surface area contributed by atoms with Crippen LogP contribution in [0.1, 0.15) is 116 Å². The molecule has 4 amide bonds. The van der Waals surface area contributed by atoms with Gasteiger partial charge in [0.05, 0.1) is 73.7 Å². The van der Waals surface area contributed by atoms with Crippen LogP contribution in [0.5, 0.6) is 0 Å². The summed E-state index contributed by atoms with van der Waals surface area (Å²) < 4.78 is 0. The minimum absolute atomic E-state index is 0. The van der Waals surface area contributed by atoms with Crippen molar-refractivity contribution in [3.63, 3.8) is 0 Å². The summed E-state index contributed by atoms with van der Waals surface area (Å²) in [6.45, 7) is 0.911. The first-order valence-corrected chi connectivity index (χ1v) is 37.3. The van der Waals surface area contributed by atoms with E-state index in [1.807, 2.05) is 0 Å². The molecule has 130 heavy (non-hydrogen) atoms. The fourth-order valence-electron chi connectivity index (χ4n) is 11.0. The Morgan fingerprint density at radius 3 is 0.685 bits per heavy atom. The number of nitrogens with zero attached hydrogens (tertiary/aromatic N) is 12. The maximum absolute atomic E-state index is 12.3. The van der Waals surface area contributed by atoms with Gasteiger partial charge in [-0.2, -0.15) is 19.9 Å². The van der Waals surface area contributed by atoms with E-state index in [1.165, 1.54) is 73.3 Å². The van der Waals surface area contributed by atoms with Gasteiger partial charge in [0.2, 0.25) is 23.8 Å². The Kier molecular flexibility index (Phi) is 36.4. The second-order valence-electron chi connectivity index (χ2n) is 26.8. The average molecular weight is 1840 g/mol. The minimum atomic E-state index is -1.40. The number of hydrogen-bond donors (Lipinski definition) is 22. The zero-order valence-electron chi connectivity index (χ0n) is 67.1. The molecule has 26 N–H and O–H groups in total. The summed E-state index contributed by atoms with van der Waals surface area (Å²) in [6.07, 6.45) is 3.01. The summed E-state index contributed by atoms with van der Waals surface area (Å²) in [7, 11) is 0. The Hall–Kier alpha value is -16.9. The van der Waals surface area contributed by atoms with Gasteiger partial charge < -0.3 is 116 Å². The molecule has 672 valence electrons. The number of carboxylic acids is 8. The van der Waals surface area contributed by atoms with Gasteiger partial charge in [0, 0.05) is 86.9 Å². The second kappa shape index (κ2) is 47.3. The fraction of sp³-hybridized carbons (Fsp3) is 0.211. The quantitative estimate of drug-likeness (QED) is 0.0172.